The molecule has 1 atom stereocenters. The number of hydrogen-bond donors (Lipinski definition) is 1. The summed E-state index contributed by atoms with van der Waals surface area (Å²) < 4.78 is 10.8. The lowest BCUT2D eigenvalue weighted by molar-refractivity contribution is -0.162. The lowest BCUT2D eigenvalue weighted by Gasteiger charge is -2.26. The SMILES string of the molecule is CCOC(=O)C(C(=O)OCC)C(c1ccc(Cl)cc1)c1c(-c2ccccc2)[nH]c2ccccc12. The zero-order valence-corrected chi connectivity index (χ0v) is 19.8. The fraction of sp³-hybridized carbons (Fsp3) is 0.214. The molecule has 1 heterocycles. The molecule has 6 heteroatoms. The minimum absolute atomic E-state index is 0.154. The molecule has 5 nitrogen and oxygen atoms in total. The minimum atomic E-state index is -1.19. The number of fused-ring (bicyclic) bond motifs is 1. The fourth-order valence-electron chi connectivity index (χ4n) is 4.35. The number of para-hydroxylation sites is 1. The highest BCUT2D eigenvalue weighted by molar-refractivity contribution is 6.30. The fourth-order valence-corrected chi connectivity index (χ4v) is 4.47. The van der Waals surface area contributed by atoms with E-state index >= 15 is 0 Å². The van der Waals surface area contributed by atoms with Crippen molar-refractivity contribution in [3.8, 4) is 11.3 Å². The first-order valence-electron chi connectivity index (χ1n) is 11.3. The Balaban J connectivity index is 2.04. The van der Waals surface area contributed by atoms with E-state index in [2.05, 4.69) is 4.98 Å². The van der Waals surface area contributed by atoms with Crippen LogP contribution >= 0.6 is 11.6 Å². The van der Waals surface area contributed by atoms with Crippen molar-refractivity contribution in [2.45, 2.75) is 19.8 Å². The molecule has 0 spiro atoms. The molecule has 174 valence electrons. The first-order valence-corrected chi connectivity index (χ1v) is 11.7. The van der Waals surface area contributed by atoms with Gasteiger partial charge in [0, 0.05) is 21.8 Å². The summed E-state index contributed by atoms with van der Waals surface area (Å²) in [5.41, 5.74) is 4.27. The summed E-state index contributed by atoms with van der Waals surface area (Å²) in [7, 11) is 0. The van der Waals surface area contributed by atoms with Crippen molar-refractivity contribution in [1.29, 1.82) is 0 Å². The van der Waals surface area contributed by atoms with Crippen LogP contribution in [-0.4, -0.2) is 30.1 Å². The second kappa shape index (κ2) is 10.6. The predicted molar refractivity (Wildman–Crippen MR) is 134 cm³/mol. The van der Waals surface area contributed by atoms with Gasteiger partial charge in [-0.25, -0.2) is 0 Å². The molecule has 0 radical (unpaired) electrons. The maximum atomic E-state index is 13.3. The van der Waals surface area contributed by atoms with Crippen LogP contribution in [0.1, 0.15) is 30.9 Å². The number of esters is 2. The molecular formula is C28H26ClNO4. The highest BCUT2D eigenvalue weighted by Crippen LogP contribution is 2.43. The number of carbonyl (C=O) groups is 2. The van der Waals surface area contributed by atoms with Crippen LogP contribution in [0.2, 0.25) is 5.02 Å². The molecule has 0 aliphatic carbocycles. The van der Waals surface area contributed by atoms with E-state index in [1.807, 2.05) is 66.7 Å². The molecule has 4 rings (SSSR count). The van der Waals surface area contributed by atoms with E-state index in [4.69, 9.17) is 21.1 Å². The summed E-state index contributed by atoms with van der Waals surface area (Å²) in [6, 6.07) is 24.9. The molecule has 1 unspecified atom stereocenters. The Morgan fingerprint density at radius 2 is 1.41 bits per heavy atom. The number of benzene rings is 3. The highest BCUT2D eigenvalue weighted by atomic mass is 35.5. The Morgan fingerprint density at radius 1 is 0.824 bits per heavy atom. The Labute approximate surface area is 203 Å². The van der Waals surface area contributed by atoms with Crippen LogP contribution in [0.3, 0.4) is 0 Å². The van der Waals surface area contributed by atoms with E-state index in [0.29, 0.717) is 5.02 Å². The smallest absolute Gasteiger partial charge is 0.321 e. The van der Waals surface area contributed by atoms with E-state index in [0.717, 1.165) is 33.3 Å². The van der Waals surface area contributed by atoms with E-state index in [-0.39, 0.29) is 13.2 Å². The molecular weight excluding hydrogens is 450 g/mol. The first kappa shape index (κ1) is 23.6. The molecule has 1 aromatic heterocycles. The van der Waals surface area contributed by atoms with Gasteiger partial charge in [0.15, 0.2) is 5.92 Å². The zero-order chi connectivity index (χ0) is 24.1. The van der Waals surface area contributed by atoms with Crippen molar-refractivity contribution in [2.24, 2.45) is 5.92 Å². The van der Waals surface area contributed by atoms with Gasteiger partial charge in [0.1, 0.15) is 0 Å². The lowest BCUT2D eigenvalue weighted by Crippen LogP contribution is -2.34. The van der Waals surface area contributed by atoms with Crippen molar-refractivity contribution < 1.29 is 19.1 Å². The average Bonchev–Trinajstić information content (AvgIpc) is 3.23. The van der Waals surface area contributed by atoms with Crippen LogP contribution in [0, 0.1) is 5.92 Å². The maximum Gasteiger partial charge on any atom is 0.321 e. The maximum absolute atomic E-state index is 13.3. The van der Waals surface area contributed by atoms with Crippen LogP contribution < -0.4 is 0 Å². The van der Waals surface area contributed by atoms with Crippen molar-refractivity contribution in [2.75, 3.05) is 13.2 Å². The van der Waals surface area contributed by atoms with Gasteiger partial charge in [0.05, 0.1) is 18.9 Å². The van der Waals surface area contributed by atoms with Crippen molar-refractivity contribution in [3.63, 3.8) is 0 Å². The number of aromatic amines is 1. The second-order valence-electron chi connectivity index (χ2n) is 7.84. The van der Waals surface area contributed by atoms with Crippen molar-refractivity contribution in [1.82, 2.24) is 4.98 Å². The summed E-state index contributed by atoms with van der Waals surface area (Å²) in [4.78, 5) is 30.0. The largest absolute Gasteiger partial charge is 0.465 e. The topological polar surface area (TPSA) is 68.4 Å². The van der Waals surface area contributed by atoms with Crippen LogP contribution in [0.5, 0.6) is 0 Å². The Morgan fingerprint density at radius 3 is 2.03 bits per heavy atom. The highest BCUT2D eigenvalue weighted by Gasteiger charge is 2.41. The molecule has 4 aromatic rings. The van der Waals surface area contributed by atoms with Crippen LogP contribution in [0.15, 0.2) is 78.9 Å². The summed E-state index contributed by atoms with van der Waals surface area (Å²) in [5.74, 6) is -3.10. The van der Waals surface area contributed by atoms with Gasteiger partial charge < -0.3 is 14.5 Å². The number of rotatable bonds is 8. The van der Waals surface area contributed by atoms with E-state index in [1.54, 1.807) is 26.0 Å². The summed E-state index contributed by atoms with van der Waals surface area (Å²) in [6.07, 6.45) is 0. The Kier molecular flexibility index (Phi) is 7.33. The predicted octanol–water partition coefficient (Wildman–Crippen LogP) is 6.36. The van der Waals surface area contributed by atoms with Gasteiger partial charge in [-0.05, 0) is 48.7 Å². The lowest BCUT2D eigenvalue weighted by atomic mass is 9.78. The van der Waals surface area contributed by atoms with Crippen LogP contribution in [0.25, 0.3) is 22.2 Å². The van der Waals surface area contributed by atoms with Gasteiger partial charge in [0.2, 0.25) is 0 Å². The minimum Gasteiger partial charge on any atom is -0.465 e. The van der Waals surface area contributed by atoms with Gasteiger partial charge in [-0.3, -0.25) is 9.59 Å². The Bertz CT molecular complexity index is 1260. The molecule has 0 aliphatic rings. The molecule has 0 bridgehead atoms. The zero-order valence-electron chi connectivity index (χ0n) is 19.1. The number of nitrogens with one attached hydrogen (secondary N) is 1. The monoisotopic (exact) mass is 475 g/mol. The third kappa shape index (κ3) is 4.70. The molecule has 0 saturated carbocycles. The van der Waals surface area contributed by atoms with Gasteiger partial charge in [-0.1, -0.05) is 72.3 Å². The van der Waals surface area contributed by atoms with Gasteiger partial charge >= 0.3 is 11.9 Å². The first-order chi connectivity index (χ1) is 16.5. The Hall–Kier alpha value is -3.57. The summed E-state index contributed by atoms with van der Waals surface area (Å²) >= 11 is 6.18. The molecule has 34 heavy (non-hydrogen) atoms. The van der Waals surface area contributed by atoms with Gasteiger partial charge in [-0.15, -0.1) is 0 Å². The van der Waals surface area contributed by atoms with Crippen molar-refractivity contribution >= 4 is 34.4 Å². The number of H-pyrrole nitrogens is 1. The van der Waals surface area contributed by atoms with E-state index in [9.17, 15) is 9.59 Å². The quantitative estimate of drug-likeness (QED) is 0.238. The summed E-state index contributed by atoms with van der Waals surface area (Å²) in [6.45, 7) is 3.75. The van der Waals surface area contributed by atoms with Crippen LogP contribution in [-0.2, 0) is 19.1 Å². The van der Waals surface area contributed by atoms with Gasteiger partial charge in [0.25, 0.3) is 0 Å². The number of ether oxygens (including phenoxy) is 2. The second-order valence-corrected chi connectivity index (χ2v) is 8.27. The number of carbonyl (C=O) groups excluding carboxylic acids is 2. The third-order valence-corrected chi connectivity index (χ3v) is 6.02. The molecule has 0 saturated heterocycles. The van der Waals surface area contributed by atoms with Gasteiger partial charge in [-0.2, -0.15) is 0 Å². The van der Waals surface area contributed by atoms with Crippen LogP contribution in [0.4, 0.5) is 0 Å². The number of hydrogen-bond acceptors (Lipinski definition) is 4. The average molecular weight is 476 g/mol. The molecule has 0 aliphatic heterocycles. The van der Waals surface area contributed by atoms with Crippen molar-refractivity contribution in [3.05, 3.63) is 95.0 Å². The third-order valence-electron chi connectivity index (χ3n) is 5.76. The van der Waals surface area contributed by atoms with E-state index < -0.39 is 23.8 Å². The molecule has 0 fully saturated rings. The summed E-state index contributed by atoms with van der Waals surface area (Å²) in [5, 5.41) is 1.48. The number of halogens is 1. The number of aromatic nitrogens is 1. The molecule has 1 N–H and O–H groups in total. The van der Waals surface area contributed by atoms with E-state index in [1.165, 1.54) is 0 Å². The molecule has 3 aromatic carbocycles. The normalized spacial score (nSPS) is 12.0. The standard InChI is InChI=1S/C28H26ClNO4/c1-3-33-27(31)25(28(32)34-4-2)23(18-14-16-20(29)17-15-18)24-21-12-8-9-13-22(21)30-26(24)19-10-6-5-7-11-19/h5-17,23,25,30H,3-4H2,1-2H3. The molecule has 0 amide bonds.